The minimum absolute atomic E-state index is 0.273. The van der Waals surface area contributed by atoms with Gasteiger partial charge >= 0.3 is 0 Å². The highest BCUT2D eigenvalue weighted by atomic mass is 127. The number of anilines is 1. The smallest absolute Gasteiger partial charge is 0.161 e. The Labute approximate surface area is 120 Å². The molecule has 90 valence electrons. The van der Waals surface area contributed by atoms with Gasteiger partial charge in [-0.05, 0) is 53.6 Å². The van der Waals surface area contributed by atoms with E-state index in [-0.39, 0.29) is 5.54 Å². The monoisotopic (exact) mass is 358 g/mol. The van der Waals surface area contributed by atoms with Crippen molar-refractivity contribution in [3.05, 3.63) is 27.8 Å². The molecule has 1 fully saturated rings. The maximum atomic E-state index is 4.91. The van der Waals surface area contributed by atoms with Crippen LogP contribution in [0.3, 0.4) is 0 Å². The van der Waals surface area contributed by atoms with Crippen LogP contribution < -0.4 is 5.32 Å². The first-order chi connectivity index (χ1) is 8.26. The van der Waals surface area contributed by atoms with Gasteiger partial charge in [0.2, 0.25) is 0 Å². The van der Waals surface area contributed by atoms with Crippen molar-refractivity contribution in [1.82, 2.24) is 0 Å². The topological polar surface area (TPSA) is 24.4 Å². The van der Waals surface area contributed by atoms with E-state index in [4.69, 9.17) is 4.99 Å². The van der Waals surface area contributed by atoms with Crippen LogP contribution in [0.15, 0.2) is 29.3 Å². The van der Waals surface area contributed by atoms with Gasteiger partial charge < -0.3 is 5.32 Å². The molecule has 1 saturated carbocycles. The molecule has 17 heavy (non-hydrogen) atoms. The van der Waals surface area contributed by atoms with Crippen LogP contribution in [-0.4, -0.2) is 16.5 Å². The van der Waals surface area contributed by atoms with Gasteiger partial charge in [-0.25, -0.2) is 0 Å². The normalized spacial score (nSPS) is 21.8. The van der Waals surface area contributed by atoms with Gasteiger partial charge in [0, 0.05) is 15.0 Å². The second-order valence-corrected chi connectivity index (χ2v) is 6.98. The van der Waals surface area contributed by atoms with Crippen molar-refractivity contribution in [3.63, 3.8) is 0 Å². The Bertz CT molecular complexity index is 452. The fourth-order valence-electron chi connectivity index (χ4n) is 2.53. The molecule has 0 amide bonds. The molecule has 1 aromatic carbocycles. The predicted octanol–water partition coefficient (Wildman–Crippen LogP) is 4.12. The van der Waals surface area contributed by atoms with E-state index < -0.39 is 0 Å². The van der Waals surface area contributed by atoms with Crippen molar-refractivity contribution < 1.29 is 0 Å². The van der Waals surface area contributed by atoms with Gasteiger partial charge in [-0.3, -0.25) is 4.99 Å². The third-order valence-corrected chi connectivity index (χ3v) is 5.25. The van der Waals surface area contributed by atoms with Crippen molar-refractivity contribution in [2.24, 2.45) is 4.99 Å². The number of benzene rings is 1. The highest BCUT2D eigenvalue weighted by molar-refractivity contribution is 14.1. The summed E-state index contributed by atoms with van der Waals surface area (Å²) >= 11 is 4.21. The van der Waals surface area contributed by atoms with E-state index >= 15 is 0 Å². The Morgan fingerprint density at radius 2 is 2.12 bits per heavy atom. The third-order valence-electron chi connectivity index (χ3n) is 3.43. The Balaban J connectivity index is 1.74. The summed E-state index contributed by atoms with van der Waals surface area (Å²) < 4.78 is 1.26. The van der Waals surface area contributed by atoms with Crippen molar-refractivity contribution >= 4 is 45.2 Å². The fraction of sp³-hybridized carbons (Fsp3) is 0.462. The third kappa shape index (κ3) is 2.62. The lowest BCUT2D eigenvalue weighted by Crippen LogP contribution is -2.21. The zero-order valence-corrected chi connectivity index (χ0v) is 12.6. The van der Waals surface area contributed by atoms with Crippen LogP contribution in [0.1, 0.15) is 25.7 Å². The van der Waals surface area contributed by atoms with Crippen LogP contribution in [-0.2, 0) is 0 Å². The van der Waals surface area contributed by atoms with Gasteiger partial charge in [0.1, 0.15) is 0 Å². The summed E-state index contributed by atoms with van der Waals surface area (Å²) in [5.41, 5.74) is 1.42. The Hall–Kier alpha value is -0.230. The average Bonchev–Trinajstić information content (AvgIpc) is 2.90. The van der Waals surface area contributed by atoms with Crippen LogP contribution in [0, 0.1) is 3.57 Å². The molecule has 0 aromatic heterocycles. The van der Waals surface area contributed by atoms with Crippen molar-refractivity contribution in [1.29, 1.82) is 0 Å². The van der Waals surface area contributed by atoms with E-state index in [1.54, 1.807) is 0 Å². The van der Waals surface area contributed by atoms with E-state index in [9.17, 15) is 0 Å². The maximum Gasteiger partial charge on any atom is 0.161 e. The second-order valence-electron chi connectivity index (χ2n) is 4.77. The Morgan fingerprint density at radius 1 is 1.29 bits per heavy atom. The molecule has 0 atom stereocenters. The highest BCUT2D eigenvalue weighted by Gasteiger charge is 2.38. The quantitative estimate of drug-likeness (QED) is 0.764. The van der Waals surface area contributed by atoms with Crippen molar-refractivity contribution in [2.45, 2.75) is 31.2 Å². The molecule has 1 N–H and O–H groups in total. The summed E-state index contributed by atoms with van der Waals surface area (Å²) in [6.07, 6.45) is 5.25. The molecule has 2 aliphatic rings. The molecule has 1 heterocycles. The number of aliphatic imine (C=N–C) groups is 1. The lowest BCUT2D eigenvalue weighted by atomic mass is 10.0. The molecule has 1 spiro atoms. The summed E-state index contributed by atoms with van der Waals surface area (Å²) in [5, 5.41) is 4.55. The molecule has 1 aliphatic carbocycles. The molecule has 0 unspecified atom stereocenters. The number of thioether (sulfide) groups is 1. The van der Waals surface area contributed by atoms with Gasteiger partial charge in [0.15, 0.2) is 5.17 Å². The number of halogens is 1. The van der Waals surface area contributed by atoms with Crippen LogP contribution >= 0.6 is 34.4 Å². The Kier molecular flexibility index (Phi) is 3.34. The summed E-state index contributed by atoms with van der Waals surface area (Å²) in [7, 11) is 0. The number of hydrogen-bond donors (Lipinski definition) is 1. The van der Waals surface area contributed by atoms with Gasteiger partial charge in [-0.1, -0.05) is 30.7 Å². The lowest BCUT2D eigenvalue weighted by Gasteiger charge is -2.16. The van der Waals surface area contributed by atoms with E-state index in [2.05, 4.69) is 52.2 Å². The Morgan fingerprint density at radius 3 is 2.88 bits per heavy atom. The molecule has 0 bridgehead atoms. The number of hydrogen-bond acceptors (Lipinski definition) is 3. The summed E-state index contributed by atoms with van der Waals surface area (Å²) in [6.45, 7) is 0. The number of nitrogens with zero attached hydrogens (tertiary/aromatic N) is 1. The van der Waals surface area contributed by atoms with Crippen molar-refractivity contribution in [3.8, 4) is 0 Å². The van der Waals surface area contributed by atoms with Crippen LogP contribution in [0.25, 0.3) is 0 Å². The first-order valence-corrected chi connectivity index (χ1v) is 8.08. The molecule has 1 aromatic rings. The fourth-order valence-corrected chi connectivity index (χ4v) is 4.28. The minimum atomic E-state index is 0.273. The molecule has 1 aliphatic heterocycles. The lowest BCUT2D eigenvalue weighted by molar-refractivity contribution is 0.508. The summed E-state index contributed by atoms with van der Waals surface area (Å²) in [5.74, 6) is 1.17. The molecule has 0 saturated heterocycles. The maximum absolute atomic E-state index is 4.91. The van der Waals surface area contributed by atoms with Crippen LogP contribution in [0.2, 0.25) is 0 Å². The highest BCUT2D eigenvalue weighted by Crippen LogP contribution is 2.41. The summed E-state index contributed by atoms with van der Waals surface area (Å²) in [4.78, 5) is 4.91. The molecule has 3 rings (SSSR count). The predicted molar refractivity (Wildman–Crippen MR) is 83.9 cm³/mol. The van der Waals surface area contributed by atoms with E-state index in [1.807, 2.05) is 11.8 Å². The van der Waals surface area contributed by atoms with Gasteiger partial charge in [-0.15, -0.1) is 0 Å². The van der Waals surface area contributed by atoms with E-state index in [0.29, 0.717) is 0 Å². The van der Waals surface area contributed by atoms with Crippen molar-refractivity contribution in [2.75, 3.05) is 11.1 Å². The number of nitrogens with one attached hydrogen (secondary N) is 1. The molecule has 2 nitrogen and oxygen atoms in total. The second kappa shape index (κ2) is 4.80. The van der Waals surface area contributed by atoms with E-state index in [1.165, 1.54) is 35.0 Å². The zero-order chi connectivity index (χ0) is 11.7. The standard InChI is InChI=1S/C13H15IN2S/c14-10-4-3-5-11(8-10)15-12-16-13(9-17-12)6-1-2-7-13/h3-5,8H,1-2,6-7,9H2,(H,15,16). The summed E-state index contributed by atoms with van der Waals surface area (Å²) in [6, 6.07) is 8.44. The number of amidine groups is 1. The molecule has 4 heteroatoms. The van der Waals surface area contributed by atoms with Crippen LogP contribution in [0.4, 0.5) is 5.69 Å². The van der Waals surface area contributed by atoms with E-state index in [0.717, 1.165) is 10.9 Å². The SMILES string of the molecule is Ic1cccc(NC2=NC3(CCCC3)CS2)c1. The van der Waals surface area contributed by atoms with Gasteiger partial charge in [-0.2, -0.15) is 0 Å². The number of rotatable bonds is 1. The first-order valence-electron chi connectivity index (χ1n) is 6.01. The van der Waals surface area contributed by atoms with Gasteiger partial charge in [0.05, 0.1) is 5.54 Å². The molecular formula is C13H15IN2S. The van der Waals surface area contributed by atoms with Gasteiger partial charge in [0.25, 0.3) is 0 Å². The minimum Gasteiger partial charge on any atom is -0.335 e. The molecular weight excluding hydrogens is 343 g/mol. The first kappa shape index (κ1) is 11.8. The molecule has 0 radical (unpaired) electrons. The van der Waals surface area contributed by atoms with Crippen LogP contribution in [0.5, 0.6) is 0 Å². The largest absolute Gasteiger partial charge is 0.335 e. The average molecular weight is 358 g/mol. The zero-order valence-electron chi connectivity index (χ0n) is 9.58.